The maximum atomic E-state index is 12.1. The minimum atomic E-state index is -0.329. The van der Waals surface area contributed by atoms with E-state index in [4.69, 9.17) is 16.3 Å². The predicted octanol–water partition coefficient (Wildman–Crippen LogP) is 2.94. The number of carbonyl (C=O) groups is 2. The Kier molecular flexibility index (Phi) is 5.66. The molecular formula is C16H21ClN2O3. The molecule has 1 aromatic carbocycles. The van der Waals surface area contributed by atoms with Crippen LogP contribution >= 0.6 is 11.6 Å². The molecule has 0 atom stereocenters. The summed E-state index contributed by atoms with van der Waals surface area (Å²) in [5.74, 6) is 0.742. The van der Waals surface area contributed by atoms with E-state index in [0.717, 1.165) is 25.9 Å². The number of nitrogens with one attached hydrogen (secondary N) is 1. The molecule has 1 fully saturated rings. The minimum absolute atomic E-state index is 0.121. The zero-order valence-electron chi connectivity index (χ0n) is 12.9. The zero-order valence-corrected chi connectivity index (χ0v) is 13.7. The Morgan fingerprint density at radius 1 is 1.36 bits per heavy atom. The Balaban J connectivity index is 1.87. The first-order chi connectivity index (χ1) is 10.5. The number of nitrogens with zero attached hydrogens (tertiary/aromatic N) is 1. The summed E-state index contributed by atoms with van der Waals surface area (Å²) in [5, 5.41) is 3.10. The van der Waals surface area contributed by atoms with Gasteiger partial charge in [-0.1, -0.05) is 18.5 Å². The molecule has 0 radical (unpaired) electrons. The van der Waals surface area contributed by atoms with Gasteiger partial charge in [-0.05, 0) is 37.0 Å². The number of methoxy groups -OCH3 is 1. The Morgan fingerprint density at radius 3 is 2.64 bits per heavy atom. The van der Waals surface area contributed by atoms with Crippen molar-refractivity contribution in [2.24, 2.45) is 5.92 Å². The number of ether oxygens (including phenoxy) is 1. The van der Waals surface area contributed by atoms with E-state index < -0.39 is 0 Å². The monoisotopic (exact) mass is 324 g/mol. The van der Waals surface area contributed by atoms with Crippen LogP contribution < -0.4 is 10.1 Å². The summed E-state index contributed by atoms with van der Waals surface area (Å²) in [6, 6.07) is 4.97. The van der Waals surface area contributed by atoms with E-state index in [0.29, 0.717) is 22.4 Å². The third-order valence-electron chi connectivity index (χ3n) is 3.88. The maximum absolute atomic E-state index is 12.1. The first-order valence-electron chi connectivity index (χ1n) is 7.40. The summed E-state index contributed by atoms with van der Waals surface area (Å²) < 4.78 is 5.05. The molecule has 1 aliphatic heterocycles. The molecule has 0 aromatic heterocycles. The van der Waals surface area contributed by atoms with Crippen molar-refractivity contribution in [3.05, 3.63) is 23.2 Å². The van der Waals surface area contributed by atoms with Crippen molar-refractivity contribution in [3.63, 3.8) is 0 Å². The lowest BCUT2D eigenvalue weighted by atomic mass is 9.99. The number of carbonyl (C=O) groups excluding carboxylic acids is 2. The number of anilines is 1. The van der Waals surface area contributed by atoms with Gasteiger partial charge in [0.1, 0.15) is 12.2 Å². The van der Waals surface area contributed by atoms with Gasteiger partial charge in [0.05, 0.1) is 12.1 Å². The second kappa shape index (κ2) is 7.49. The van der Waals surface area contributed by atoms with Gasteiger partial charge >= 0.3 is 0 Å². The summed E-state index contributed by atoms with van der Waals surface area (Å²) in [4.78, 5) is 25.8. The third kappa shape index (κ3) is 4.37. The lowest BCUT2D eigenvalue weighted by Gasteiger charge is -2.30. The molecule has 2 rings (SSSR count). The summed E-state index contributed by atoms with van der Waals surface area (Å²) in [6.07, 6.45) is 1.86. The number of hydrogen-bond donors (Lipinski definition) is 1. The van der Waals surface area contributed by atoms with Crippen LogP contribution in [0.3, 0.4) is 0 Å². The SMILES string of the molecule is COc1ccc(NC(=O)CC(=O)N2CCC(C)CC2)cc1Cl. The Labute approximate surface area is 135 Å². The molecule has 0 saturated carbocycles. The van der Waals surface area contributed by atoms with Gasteiger partial charge in [0.15, 0.2) is 0 Å². The number of benzene rings is 1. The molecule has 1 N–H and O–H groups in total. The number of hydrogen-bond acceptors (Lipinski definition) is 3. The summed E-state index contributed by atoms with van der Waals surface area (Å²) >= 11 is 6.00. The van der Waals surface area contributed by atoms with E-state index in [9.17, 15) is 9.59 Å². The van der Waals surface area contributed by atoms with Crippen molar-refractivity contribution in [3.8, 4) is 5.75 Å². The standard InChI is InChI=1S/C16H21ClN2O3/c1-11-5-7-19(8-6-11)16(21)10-15(20)18-12-3-4-14(22-2)13(17)9-12/h3-4,9,11H,5-8,10H2,1-2H3,(H,18,20). The highest BCUT2D eigenvalue weighted by Crippen LogP contribution is 2.27. The van der Waals surface area contributed by atoms with Crippen LogP contribution in [0.4, 0.5) is 5.69 Å². The molecule has 1 aromatic rings. The Morgan fingerprint density at radius 2 is 2.05 bits per heavy atom. The summed E-state index contributed by atoms with van der Waals surface area (Å²) in [5.41, 5.74) is 0.552. The first-order valence-corrected chi connectivity index (χ1v) is 7.78. The number of halogens is 1. The number of amides is 2. The average Bonchev–Trinajstić information content (AvgIpc) is 2.48. The summed E-state index contributed by atoms with van der Waals surface area (Å²) in [6.45, 7) is 3.66. The lowest BCUT2D eigenvalue weighted by molar-refractivity contribution is -0.135. The molecule has 2 amide bonds. The molecule has 0 aliphatic carbocycles. The Hall–Kier alpha value is -1.75. The lowest BCUT2D eigenvalue weighted by Crippen LogP contribution is -2.39. The van der Waals surface area contributed by atoms with Gasteiger partial charge < -0.3 is 15.0 Å². The van der Waals surface area contributed by atoms with Crippen molar-refractivity contribution >= 4 is 29.1 Å². The van der Waals surface area contributed by atoms with Crippen LogP contribution in [0.2, 0.25) is 5.02 Å². The first kappa shape index (κ1) is 16.6. The van der Waals surface area contributed by atoms with Crippen LogP contribution in [0.15, 0.2) is 18.2 Å². The molecule has 1 saturated heterocycles. The van der Waals surface area contributed by atoms with Crippen LogP contribution in [0.1, 0.15) is 26.2 Å². The van der Waals surface area contributed by atoms with E-state index in [1.165, 1.54) is 7.11 Å². The molecule has 5 nitrogen and oxygen atoms in total. The topological polar surface area (TPSA) is 58.6 Å². The van der Waals surface area contributed by atoms with Crippen LogP contribution in [-0.2, 0) is 9.59 Å². The molecule has 120 valence electrons. The van der Waals surface area contributed by atoms with E-state index in [-0.39, 0.29) is 18.2 Å². The van der Waals surface area contributed by atoms with Gasteiger partial charge in [0, 0.05) is 18.8 Å². The molecule has 1 aliphatic rings. The van der Waals surface area contributed by atoms with Crippen molar-refractivity contribution in [2.45, 2.75) is 26.2 Å². The van der Waals surface area contributed by atoms with Gasteiger partial charge in [-0.2, -0.15) is 0 Å². The smallest absolute Gasteiger partial charge is 0.233 e. The number of piperidine rings is 1. The largest absolute Gasteiger partial charge is 0.495 e. The second-order valence-electron chi connectivity index (χ2n) is 5.64. The Bertz CT molecular complexity index is 554. The quantitative estimate of drug-likeness (QED) is 0.866. The molecule has 0 unspecified atom stereocenters. The fraction of sp³-hybridized carbons (Fsp3) is 0.500. The van der Waals surface area contributed by atoms with Gasteiger partial charge in [-0.3, -0.25) is 9.59 Å². The third-order valence-corrected chi connectivity index (χ3v) is 4.18. The molecule has 0 spiro atoms. The van der Waals surface area contributed by atoms with E-state index >= 15 is 0 Å². The van der Waals surface area contributed by atoms with Crippen molar-refractivity contribution < 1.29 is 14.3 Å². The van der Waals surface area contributed by atoms with Crippen LogP contribution in [0.5, 0.6) is 5.75 Å². The van der Waals surface area contributed by atoms with E-state index in [1.54, 1.807) is 23.1 Å². The zero-order chi connectivity index (χ0) is 16.1. The van der Waals surface area contributed by atoms with Crippen LogP contribution in [0, 0.1) is 5.92 Å². The summed E-state index contributed by atoms with van der Waals surface area (Å²) in [7, 11) is 1.53. The normalized spacial score (nSPS) is 15.5. The fourth-order valence-corrected chi connectivity index (χ4v) is 2.71. The average molecular weight is 325 g/mol. The van der Waals surface area contributed by atoms with E-state index in [1.807, 2.05) is 0 Å². The van der Waals surface area contributed by atoms with Crippen molar-refractivity contribution in [1.29, 1.82) is 0 Å². The van der Waals surface area contributed by atoms with Gasteiger partial charge in [0.2, 0.25) is 11.8 Å². The minimum Gasteiger partial charge on any atom is -0.495 e. The van der Waals surface area contributed by atoms with Crippen molar-refractivity contribution in [2.75, 3.05) is 25.5 Å². The van der Waals surface area contributed by atoms with Crippen molar-refractivity contribution in [1.82, 2.24) is 4.90 Å². The highest BCUT2D eigenvalue weighted by molar-refractivity contribution is 6.32. The molecular weight excluding hydrogens is 304 g/mol. The van der Waals surface area contributed by atoms with Gasteiger partial charge in [-0.15, -0.1) is 0 Å². The highest BCUT2D eigenvalue weighted by atomic mass is 35.5. The fourth-order valence-electron chi connectivity index (χ4n) is 2.46. The highest BCUT2D eigenvalue weighted by Gasteiger charge is 2.22. The van der Waals surface area contributed by atoms with Crippen LogP contribution in [0.25, 0.3) is 0 Å². The molecule has 1 heterocycles. The van der Waals surface area contributed by atoms with Gasteiger partial charge in [0.25, 0.3) is 0 Å². The second-order valence-corrected chi connectivity index (χ2v) is 6.04. The van der Waals surface area contributed by atoms with Gasteiger partial charge in [-0.25, -0.2) is 0 Å². The van der Waals surface area contributed by atoms with Crippen LogP contribution in [-0.4, -0.2) is 36.9 Å². The molecule has 0 bridgehead atoms. The number of rotatable bonds is 4. The number of likely N-dealkylation sites (tertiary alicyclic amines) is 1. The maximum Gasteiger partial charge on any atom is 0.233 e. The predicted molar refractivity (Wildman–Crippen MR) is 86.2 cm³/mol. The molecule has 22 heavy (non-hydrogen) atoms. The molecule has 6 heteroatoms. The van der Waals surface area contributed by atoms with E-state index in [2.05, 4.69) is 12.2 Å².